The molecule has 0 radical (unpaired) electrons. The fraction of sp³-hybridized carbons (Fsp3) is 0.375. The molecule has 1 heterocycles. The van der Waals surface area contributed by atoms with Gasteiger partial charge < -0.3 is 5.11 Å². The van der Waals surface area contributed by atoms with Crippen LogP contribution in [-0.2, 0) is 5.60 Å². The lowest BCUT2D eigenvalue weighted by Gasteiger charge is -2.31. The second-order valence-corrected chi connectivity index (χ2v) is 3.04. The van der Waals surface area contributed by atoms with Crippen molar-refractivity contribution < 1.29 is 35.8 Å². The number of hydrogen-bond acceptors (Lipinski definition) is 2. The monoisotopic (exact) mass is 263 g/mol. The Balaban J connectivity index is 3.53. The van der Waals surface area contributed by atoms with Crippen LogP contribution >= 0.6 is 0 Å². The summed E-state index contributed by atoms with van der Waals surface area (Å²) in [4.78, 5) is 2.62. The van der Waals surface area contributed by atoms with Crippen molar-refractivity contribution >= 4 is 0 Å². The van der Waals surface area contributed by atoms with Gasteiger partial charge in [0.15, 0.2) is 0 Å². The Morgan fingerprint density at radius 3 is 1.82 bits per heavy atom. The van der Waals surface area contributed by atoms with E-state index in [4.69, 9.17) is 5.11 Å². The molecule has 0 spiro atoms. The standard InChI is InChI=1S/C8H4F7NO/c9-4-2-1-3-16-5(4)6(17,7(10,11)12)8(13,14)15/h1-3,17H. The van der Waals surface area contributed by atoms with Crippen LogP contribution in [0.4, 0.5) is 30.7 Å². The summed E-state index contributed by atoms with van der Waals surface area (Å²) in [6.45, 7) is 0. The Kier molecular flexibility index (Phi) is 3.08. The van der Waals surface area contributed by atoms with Gasteiger partial charge in [0, 0.05) is 6.20 Å². The van der Waals surface area contributed by atoms with Gasteiger partial charge in [0.1, 0.15) is 11.5 Å². The molecular formula is C8H4F7NO. The number of hydrogen-bond donors (Lipinski definition) is 1. The van der Waals surface area contributed by atoms with Crippen LogP contribution in [0, 0.1) is 5.82 Å². The van der Waals surface area contributed by atoms with Gasteiger partial charge in [0.25, 0.3) is 0 Å². The van der Waals surface area contributed by atoms with E-state index in [9.17, 15) is 30.7 Å². The first-order chi connectivity index (χ1) is 7.52. The van der Waals surface area contributed by atoms with Gasteiger partial charge in [-0.1, -0.05) is 0 Å². The number of halogens is 7. The summed E-state index contributed by atoms with van der Waals surface area (Å²) >= 11 is 0. The van der Waals surface area contributed by atoms with Crippen molar-refractivity contribution in [3.63, 3.8) is 0 Å². The second kappa shape index (κ2) is 3.83. The van der Waals surface area contributed by atoms with Crippen LogP contribution in [0.15, 0.2) is 18.3 Å². The van der Waals surface area contributed by atoms with E-state index in [-0.39, 0.29) is 0 Å². The molecule has 96 valence electrons. The minimum Gasteiger partial charge on any atom is -0.368 e. The number of nitrogens with zero attached hydrogens (tertiary/aromatic N) is 1. The smallest absolute Gasteiger partial charge is 0.368 e. The Bertz CT molecular complexity index is 397. The predicted molar refractivity (Wildman–Crippen MR) is 40.2 cm³/mol. The lowest BCUT2D eigenvalue weighted by atomic mass is 9.97. The van der Waals surface area contributed by atoms with E-state index < -0.39 is 29.5 Å². The van der Waals surface area contributed by atoms with Crippen LogP contribution in [0.2, 0.25) is 0 Å². The van der Waals surface area contributed by atoms with E-state index >= 15 is 0 Å². The number of alkyl halides is 6. The number of aliphatic hydroxyl groups is 1. The molecule has 1 aromatic heterocycles. The van der Waals surface area contributed by atoms with Crippen molar-refractivity contribution in [2.75, 3.05) is 0 Å². The molecule has 0 aliphatic heterocycles. The van der Waals surface area contributed by atoms with Crippen LogP contribution in [0.5, 0.6) is 0 Å². The lowest BCUT2D eigenvalue weighted by Crippen LogP contribution is -2.55. The molecule has 2 nitrogen and oxygen atoms in total. The quantitative estimate of drug-likeness (QED) is 0.790. The molecule has 0 aliphatic carbocycles. The largest absolute Gasteiger partial charge is 0.432 e. The molecule has 0 unspecified atom stereocenters. The Morgan fingerprint density at radius 2 is 1.47 bits per heavy atom. The second-order valence-electron chi connectivity index (χ2n) is 3.04. The topological polar surface area (TPSA) is 33.1 Å². The highest BCUT2D eigenvalue weighted by molar-refractivity contribution is 5.20. The molecule has 0 aromatic carbocycles. The van der Waals surface area contributed by atoms with E-state index in [1.807, 2.05) is 0 Å². The lowest BCUT2D eigenvalue weighted by molar-refractivity contribution is -0.378. The van der Waals surface area contributed by atoms with Crippen LogP contribution in [-0.4, -0.2) is 22.4 Å². The van der Waals surface area contributed by atoms with Gasteiger partial charge in [-0.05, 0) is 12.1 Å². The molecule has 1 rings (SSSR count). The SMILES string of the molecule is OC(c1ncccc1F)(C(F)(F)F)C(F)(F)F. The van der Waals surface area contributed by atoms with Crippen molar-refractivity contribution in [2.45, 2.75) is 18.0 Å². The van der Waals surface area contributed by atoms with E-state index in [0.717, 1.165) is 6.07 Å². The molecular weight excluding hydrogens is 259 g/mol. The summed E-state index contributed by atoms with van der Waals surface area (Å²) in [5.41, 5.74) is -7.45. The first kappa shape index (κ1) is 13.7. The summed E-state index contributed by atoms with van der Waals surface area (Å²) in [7, 11) is 0. The van der Waals surface area contributed by atoms with Gasteiger partial charge in [-0.2, -0.15) is 26.3 Å². The van der Waals surface area contributed by atoms with Gasteiger partial charge >= 0.3 is 18.0 Å². The molecule has 0 atom stereocenters. The average molecular weight is 263 g/mol. The van der Waals surface area contributed by atoms with Crippen LogP contribution in [0.3, 0.4) is 0 Å². The summed E-state index contributed by atoms with van der Waals surface area (Å²) in [5.74, 6) is -1.90. The summed E-state index contributed by atoms with van der Waals surface area (Å²) in [6.07, 6.45) is -11.8. The maximum absolute atomic E-state index is 12.9. The van der Waals surface area contributed by atoms with Crippen molar-refractivity contribution in [3.8, 4) is 0 Å². The van der Waals surface area contributed by atoms with Gasteiger partial charge in [-0.25, -0.2) is 4.39 Å². The third kappa shape index (κ3) is 2.06. The molecule has 9 heteroatoms. The van der Waals surface area contributed by atoms with Gasteiger partial charge in [0.05, 0.1) is 0 Å². The molecule has 1 aromatic rings. The van der Waals surface area contributed by atoms with E-state index in [1.54, 1.807) is 0 Å². The highest BCUT2D eigenvalue weighted by Gasteiger charge is 2.73. The van der Waals surface area contributed by atoms with Gasteiger partial charge in [-0.3, -0.25) is 4.98 Å². The van der Waals surface area contributed by atoms with Crippen molar-refractivity contribution in [1.29, 1.82) is 0 Å². The maximum Gasteiger partial charge on any atom is 0.432 e. The van der Waals surface area contributed by atoms with Crippen LogP contribution in [0.25, 0.3) is 0 Å². The highest BCUT2D eigenvalue weighted by Crippen LogP contribution is 2.49. The van der Waals surface area contributed by atoms with Gasteiger partial charge in [-0.15, -0.1) is 0 Å². The Labute approximate surface area is 89.7 Å². The summed E-state index contributed by atoms with van der Waals surface area (Å²) in [5, 5.41) is 8.78. The third-order valence-electron chi connectivity index (χ3n) is 1.92. The molecule has 0 bridgehead atoms. The number of rotatable bonds is 1. The average Bonchev–Trinajstić information content (AvgIpc) is 2.13. The zero-order valence-electron chi connectivity index (χ0n) is 7.77. The molecule has 0 saturated heterocycles. The zero-order valence-corrected chi connectivity index (χ0v) is 7.77. The van der Waals surface area contributed by atoms with Crippen molar-refractivity contribution in [1.82, 2.24) is 4.98 Å². The van der Waals surface area contributed by atoms with Crippen molar-refractivity contribution in [3.05, 3.63) is 29.8 Å². The van der Waals surface area contributed by atoms with Crippen molar-refractivity contribution in [2.24, 2.45) is 0 Å². The maximum atomic E-state index is 12.9. The van der Waals surface area contributed by atoms with E-state index in [1.165, 1.54) is 0 Å². The summed E-state index contributed by atoms with van der Waals surface area (Å²) in [6, 6.07) is 1.14. The number of aromatic nitrogens is 1. The minimum atomic E-state index is -6.14. The first-order valence-corrected chi connectivity index (χ1v) is 3.98. The Morgan fingerprint density at radius 1 is 1.00 bits per heavy atom. The molecule has 1 N–H and O–H groups in total. The fourth-order valence-corrected chi connectivity index (χ4v) is 1.08. The van der Waals surface area contributed by atoms with Crippen LogP contribution < -0.4 is 0 Å². The third-order valence-corrected chi connectivity index (χ3v) is 1.92. The number of pyridine rings is 1. The normalized spacial score (nSPS) is 13.9. The van der Waals surface area contributed by atoms with E-state index in [0.29, 0.717) is 12.3 Å². The molecule has 17 heavy (non-hydrogen) atoms. The minimum absolute atomic E-state index is 0.338. The molecule has 0 fully saturated rings. The highest BCUT2D eigenvalue weighted by atomic mass is 19.4. The predicted octanol–water partition coefficient (Wildman–Crippen LogP) is 2.53. The molecule has 0 amide bonds. The van der Waals surface area contributed by atoms with Gasteiger partial charge in [0.2, 0.25) is 0 Å². The van der Waals surface area contributed by atoms with Crippen LogP contribution in [0.1, 0.15) is 5.69 Å². The zero-order chi connectivity index (χ0) is 13.5. The fourth-order valence-electron chi connectivity index (χ4n) is 1.08. The first-order valence-electron chi connectivity index (χ1n) is 3.98. The van der Waals surface area contributed by atoms with E-state index in [2.05, 4.69) is 4.98 Å². The molecule has 0 saturated carbocycles. The molecule has 0 aliphatic rings. The Hall–Kier alpha value is -1.38. The summed E-state index contributed by atoms with van der Waals surface area (Å²) < 4.78 is 86.7.